The number of halogens is 5. The molecule has 2 aliphatic rings. The van der Waals surface area contributed by atoms with Crippen molar-refractivity contribution in [3.63, 3.8) is 0 Å². The summed E-state index contributed by atoms with van der Waals surface area (Å²) in [6, 6.07) is 7.25. The first-order chi connectivity index (χ1) is 30.6. The standard InChI is InChI=1S/C22H20ClFN6OS.C20H21ClF2N6O2/c23-14-7-15-16(10-27-19(15)26-9-14)20-28-11-17(24)21(29-20)25-8-13-3-1-5-30(12-13)22(31)18-4-2-6-32-18;21-13-6-14-15(9-26-17(14)25-8-13)18-27-10-16(23)19(28-18)24-7-12-2-1-4-29(11-12)20(30)31-5-3-22/h2,4,6-7,9-11,13H,1,3,5,8,12H2,(H,26,27)(H,25,28,29);6,8-10,12H,1-5,7,11H2,(H,25,26)(H,24,27,28). The Balaban J connectivity index is 0.000000173. The lowest BCUT2D eigenvalue weighted by atomic mass is 9.98. The van der Waals surface area contributed by atoms with E-state index in [1.807, 2.05) is 22.4 Å². The number of alkyl halides is 1. The molecule has 15 nitrogen and oxygen atoms in total. The van der Waals surface area contributed by atoms with E-state index in [9.17, 15) is 22.8 Å². The lowest BCUT2D eigenvalue weighted by Gasteiger charge is -2.32. The van der Waals surface area contributed by atoms with Gasteiger partial charge in [-0.05, 0) is 61.1 Å². The molecule has 9 heterocycles. The molecule has 9 rings (SSSR count). The minimum absolute atomic E-state index is 0.0619. The molecular formula is C42H41Cl2F3N12O3S. The van der Waals surface area contributed by atoms with Gasteiger partial charge in [0.25, 0.3) is 5.91 Å². The molecule has 0 bridgehead atoms. The fraction of sp³-hybridized carbons (Fsp3) is 0.333. The van der Waals surface area contributed by atoms with E-state index >= 15 is 0 Å². The average molecular weight is 922 g/mol. The van der Waals surface area contributed by atoms with E-state index < -0.39 is 24.4 Å². The molecule has 0 aromatic carbocycles. The number of aromatic nitrogens is 8. The highest BCUT2D eigenvalue weighted by molar-refractivity contribution is 7.12. The fourth-order valence-corrected chi connectivity index (χ4v) is 8.64. The second-order valence-corrected chi connectivity index (χ2v) is 16.9. The number of aromatic amines is 2. The highest BCUT2D eigenvalue weighted by Crippen LogP contribution is 2.30. The van der Waals surface area contributed by atoms with Gasteiger partial charge in [-0.15, -0.1) is 11.3 Å². The fourth-order valence-electron chi connectivity index (χ4n) is 7.64. The molecule has 2 atom stereocenters. The number of fused-ring (bicyclic) bond motifs is 2. The van der Waals surface area contributed by atoms with Crippen molar-refractivity contribution in [3.8, 4) is 22.8 Å². The summed E-state index contributed by atoms with van der Waals surface area (Å²) in [6.07, 6.45) is 11.8. The molecule has 63 heavy (non-hydrogen) atoms. The van der Waals surface area contributed by atoms with E-state index in [1.54, 1.807) is 35.6 Å². The van der Waals surface area contributed by atoms with Crippen LogP contribution in [0.2, 0.25) is 10.0 Å². The molecule has 328 valence electrons. The zero-order valence-corrected chi connectivity index (χ0v) is 35.9. The van der Waals surface area contributed by atoms with Gasteiger partial charge in [-0.2, -0.15) is 0 Å². The van der Waals surface area contributed by atoms with Gasteiger partial charge in [0, 0.05) is 86.0 Å². The zero-order valence-electron chi connectivity index (χ0n) is 33.6. The van der Waals surface area contributed by atoms with Gasteiger partial charge >= 0.3 is 6.09 Å². The number of rotatable bonds is 11. The minimum atomic E-state index is -0.710. The van der Waals surface area contributed by atoms with Crippen LogP contribution in [0.4, 0.5) is 29.6 Å². The van der Waals surface area contributed by atoms with E-state index in [-0.39, 0.29) is 36.0 Å². The van der Waals surface area contributed by atoms with E-state index in [0.29, 0.717) is 76.8 Å². The maximum Gasteiger partial charge on any atom is 0.409 e. The Kier molecular flexibility index (Phi) is 13.8. The summed E-state index contributed by atoms with van der Waals surface area (Å²) < 4.78 is 45.9. The molecule has 0 aliphatic carbocycles. The van der Waals surface area contributed by atoms with Crippen LogP contribution < -0.4 is 10.6 Å². The third-order valence-corrected chi connectivity index (χ3v) is 12.0. The Morgan fingerprint density at radius 3 is 1.86 bits per heavy atom. The Morgan fingerprint density at radius 1 is 0.794 bits per heavy atom. The van der Waals surface area contributed by atoms with Crippen molar-refractivity contribution in [2.45, 2.75) is 25.7 Å². The van der Waals surface area contributed by atoms with Gasteiger partial charge < -0.3 is 35.1 Å². The van der Waals surface area contributed by atoms with Crippen LogP contribution in [0, 0.1) is 23.5 Å². The van der Waals surface area contributed by atoms with E-state index in [1.165, 1.54) is 17.5 Å². The number of ether oxygens (including phenoxy) is 1. The highest BCUT2D eigenvalue weighted by atomic mass is 35.5. The molecule has 21 heteroatoms. The number of H-pyrrole nitrogens is 2. The summed E-state index contributed by atoms with van der Waals surface area (Å²) in [5.41, 5.74) is 2.64. The second-order valence-electron chi connectivity index (χ2n) is 15.0. The summed E-state index contributed by atoms with van der Waals surface area (Å²) in [4.78, 5) is 60.3. The number of piperidine rings is 2. The molecule has 2 unspecified atom stereocenters. The average Bonchev–Trinajstić information content (AvgIpc) is 4.09. The number of thiophene rings is 1. The molecule has 0 saturated carbocycles. The molecular weight excluding hydrogens is 881 g/mol. The largest absolute Gasteiger partial charge is 0.447 e. The molecule has 7 aromatic rings. The summed E-state index contributed by atoms with van der Waals surface area (Å²) in [6.45, 7) is 2.37. The number of nitrogens with one attached hydrogen (secondary N) is 4. The quantitative estimate of drug-likeness (QED) is 0.0973. The van der Waals surface area contributed by atoms with Crippen LogP contribution in [0.15, 0.2) is 66.8 Å². The van der Waals surface area contributed by atoms with E-state index in [4.69, 9.17) is 27.9 Å². The van der Waals surface area contributed by atoms with Gasteiger partial charge in [0.2, 0.25) is 0 Å². The van der Waals surface area contributed by atoms with Crippen molar-refractivity contribution in [1.29, 1.82) is 0 Å². The number of carbonyl (C=O) groups excluding carboxylic acids is 2. The van der Waals surface area contributed by atoms with Crippen LogP contribution in [0.5, 0.6) is 0 Å². The molecule has 2 amide bonds. The molecule has 7 aromatic heterocycles. The van der Waals surface area contributed by atoms with Gasteiger partial charge in [0.15, 0.2) is 34.9 Å². The second kappa shape index (κ2) is 20.0. The van der Waals surface area contributed by atoms with Crippen molar-refractivity contribution in [2.75, 3.05) is 63.2 Å². The number of carbonyl (C=O) groups is 2. The van der Waals surface area contributed by atoms with Gasteiger partial charge in [0.1, 0.15) is 24.6 Å². The molecule has 0 spiro atoms. The normalized spacial score (nSPS) is 16.5. The number of likely N-dealkylation sites (tertiary alicyclic amines) is 2. The summed E-state index contributed by atoms with van der Waals surface area (Å²) in [7, 11) is 0. The smallest absolute Gasteiger partial charge is 0.409 e. The lowest BCUT2D eigenvalue weighted by Crippen LogP contribution is -2.42. The number of pyridine rings is 2. The number of amides is 2. The van der Waals surface area contributed by atoms with Crippen LogP contribution in [0.1, 0.15) is 35.4 Å². The third-order valence-electron chi connectivity index (χ3n) is 10.7. The van der Waals surface area contributed by atoms with Crippen LogP contribution in [-0.4, -0.2) is 114 Å². The maximum atomic E-state index is 14.4. The van der Waals surface area contributed by atoms with Crippen LogP contribution in [0.25, 0.3) is 44.8 Å². The molecule has 2 fully saturated rings. The molecule has 0 radical (unpaired) electrons. The van der Waals surface area contributed by atoms with Gasteiger partial charge in [0.05, 0.1) is 27.3 Å². The minimum Gasteiger partial charge on any atom is -0.447 e. The van der Waals surface area contributed by atoms with Crippen molar-refractivity contribution in [3.05, 3.63) is 93.4 Å². The zero-order chi connectivity index (χ0) is 43.9. The van der Waals surface area contributed by atoms with Gasteiger partial charge in [-0.25, -0.2) is 47.9 Å². The molecule has 4 N–H and O–H groups in total. The predicted octanol–water partition coefficient (Wildman–Crippen LogP) is 8.88. The Morgan fingerprint density at radius 2 is 1.33 bits per heavy atom. The topological polar surface area (TPSA) is 183 Å². The van der Waals surface area contributed by atoms with Crippen molar-refractivity contribution in [2.24, 2.45) is 11.8 Å². The maximum absolute atomic E-state index is 14.4. The van der Waals surface area contributed by atoms with Gasteiger partial charge in [-0.3, -0.25) is 4.79 Å². The number of anilines is 2. The summed E-state index contributed by atoms with van der Waals surface area (Å²) >= 11 is 13.6. The predicted molar refractivity (Wildman–Crippen MR) is 236 cm³/mol. The lowest BCUT2D eigenvalue weighted by molar-refractivity contribution is 0.0685. The van der Waals surface area contributed by atoms with Crippen molar-refractivity contribution >= 4 is 80.2 Å². The van der Waals surface area contributed by atoms with Crippen LogP contribution in [-0.2, 0) is 4.74 Å². The third kappa shape index (κ3) is 10.4. The van der Waals surface area contributed by atoms with Crippen LogP contribution >= 0.6 is 34.5 Å². The Bertz CT molecular complexity index is 2710. The Hall–Kier alpha value is -6.05. The van der Waals surface area contributed by atoms with Gasteiger partial charge in [-0.1, -0.05) is 29.3 Å². The van der Waals surface area contributed by atoms with Crippen molar-refractivity contribution < 1.29 is 27.5 Å². The molecule has 2 saturated heterocycles. The number of hydrogen-bond acceptors (Lipinski definition) is 12. The molecule has 2 aliphatic heterocycles. The summed E-state index contributed by atoms with van der Waals surface area (Å²) in [5.74, 6) is 0.185. The first-order valence-electron chi connectivity index (χ1n) is 20.2. The van der Waals surface area contributed by atoms with Crippen LogP contribution in [0.3, 0.4) is 0 Å². The van der Waals surface area contributed by atoms with E-state index in [0.717, 1.165) is 60.3 Å². The first kappa shape index (κ1) is 43.6. The Labute approximate surface area is 372 Å². The summed E-state index contributed by atoms with van der Waals surface area (Å²) in [5, 5.41) is 10.5. The van der Waals surface area contributed by atoms with Crippen molar-refractivity contribution in [1.82, 2.24) is 49.7 Å². The number of nitrogens with zero attached hydrogens (tertiary/aromatic N) is 8. The monoisotopic (exact) mass is 920 g/mol. The first-order valence-corrected chi connectivity index (χ1v) is 21.9. The highest BCUT2D eigenvalue weighted by Gasteiger charge is 2.27. The number of hydrogen-bond donors (Lipinski definition) is 4. The van der Waals surface area contributed by atoms with E-state index in [2.05, 4.69) is 50.5 Å². The SMILES string of the molecule is O=C(OCCF)N1CCCC(CNc2nc(-c3c[nH]c4ncc(Cl)cc34)ncc2F)C1.O=C(c1cccs1)N1CCCC(CNc2nc(-c3c[nH]c4ncc(Cl)cc34)ncc2F)C1.